The molecule has 0 aliphatic carbocycles. The molecule has 2 atom stereocenters. The van der Waals surface area contributed by atoms with Crippen molar-refractivity contribution in [1.82, 2.24) is 10.2 Å². The summed E-state index contributed by atoms with van der Waals surface area (Å²) in [5.74, 6) is 0.361. The number of hydrogen-bond donors (Lipinski definition) is 1. The first-order valence-electron chi connectivity index (χ1n) is 9.55. The zero-order valence-corrected chi connectivity index (χ0v) is 15.0. The molecular formula is C22H26N2O2. The third-order valence-corrected chi connectivity index (χ3v) is 5.59. The maximum absolute atomic E-state index is 13.0. The lowest BCUT2D eigenvalue weighted by Crippen LogP contribution is -2.52. The summed E-state index contributed by atoms with van der Waals surface area (Å²) < 4.78 is 5.99. The van der Waals surface area contributed by atoms with Gasteiger partial charge in [-0.05, 0) is 43.0 Å². The van der Waals surface area contributed by atoms with Gasteiger partial charge in [0.05, 0.1) is 0 Å². The first-order chi connectivity index (χ1) is 12.8. The van der Waals surface area contributed by atoms with Crippen LogP contribution in [-0.2, 0) is 16.1 Å². The molecule has 1 N–H and O–H groups in total. The molecule has 5 rings (SSSR count). The average molecular weight is 350 g/mol. The van der Waals surface area contributed by atoms with E-state index in [1.807, 2.05) is 48.5 Å². The van der Waals surface area contributed by atoms with Gasteiger partial charge >= 0.3 is 5.97 Å². The summed E-state index contributed by atoms with van der Waals surface area (Å²) in [6.45, 7) is 3.81. The van der Waals surface area contributed by atoms with Crippen molar-refractivity contribution in [2.75, 3.05) is 19.6 Å². The van der Waals surface area contributed by atoms with Crippen molar-refractivity contribution in [2.24, 2.45) is 5.92 Å². The van der Waals surface area contributed by atoms with E-state index in [-0.39, 0.29) is 12.1 Å². The van der Waals surface area contributed by atoms with Gasteiger partial charge in [0.25, 0.3) is 0 Å². The van der Waals surface area contributed by atoms with E-state index in [9.17, 15) is 4.79 Å². The minimum Gasteiger partial charge on any atom is -0.459 e. The Bertz CT molecular complexity index is 711. The number of esters is 1. The van der Waals surface area contributed by atoms with Crippen molar-refractivity contribution in [2.45, 2.75) is 31.5 Å². The van der Waals surface area contributed by atoms with Gasteiger partial charge in [-0.3, -0.25) is 10.2 Å². The maximum atomic E-state index is 13.0. The fraction of sp³-hybridized carbons (Fsp3) is 0.409. The molecule has 3 aliphatic heterocycles. The lowest BCUT2D eigenvalue weighted by atomic mass is 9.86. The average Bonchev–Trinajstić information content (AvgIpc) is 2.71. The van der Waals surface area contributed by atoms with Crippen molar-refractivity contribution >= 4 is 5.97 Å². The third kappa shape index (κ3) is 3.97. The summed E-state index contributed by atoms with van der Waals surface area (Å²) in [5, 5.41) is 3.40. The van der Waals surface area contributed by atoms with Crippen molar-refractivity contribution < 1.29 is 9.53 Å². The molecule has 2 aromatic rings. The molecule has 4 heteroatoms. The van der Waals surface area contributed by atoms with Crippen LogP contribution < -0.4 is 5.32 Å². The number of benzene rings is 2. The van der Waals surface area contributed by atoms with Crippen LogP contribution in [0.1, 0.15) is 30.0 Å². The van der Waals surface area contributed by atoms with Crippen LogP contribution in [-0.4, -0.2) is 36.6 Å². The molecule has 3 fully saturated rings. The van der Waals surface area contributed by atoms with Gasteiger partial charge < -0.3 is 4.74 Å². The molecule has 3 heterocycles. The van der Waals surface area contributed by atoms with Gasteiger partial charge in [-0.2, -0.15) is 0 Å². The Morgan fingerprint density at radius 1 is 1.04 bits per heavy atom. The molecular weight excluding hydrogens is 324 g/mol. The van der Waals surface area contributed by atoms with Crippen LogP contribution in [0.3, 0.4) is 0 Å². The van der Waals surface area contributed by atoms with E-state index in [0.717, 1.165) is 43.6 Å². The van der Waals surface area contributed by atoms with E-state index < -0.39 is 6.04 Å². The quantitative estimate of drug-likeness (QED) is 0.813. The standard InChI is InChI=1S/C22H26N2O2/c25-22(26-20-16-24-13-11-18(20)12-14-24)21(19-9-5-2-6-10-19)23-15-17-7-3-1-4-8-17/h1-10,18,20-21,23H,11-16H2. The highest BCUT2D eigenvalue weighted by Crippen LogP contribution is 2.30. The molecule has 26 heavy (non-hydrogen) atoms. The minimum atomic E-state index is -0.438. The van der Waals surface area contributed by atoms with E-state index in [2.05, 4.69) is 22.3 Å². The number of ether oxygens (including phenoxy) is 1. The number of hydrogen-bond acceptors (Lipinski definition) is 4. The molecule has 2 bridgehead atoms. The SMILES string of the molecule is O=C(OC1CN2CCC1CC2)C(NCc1ccccc1)c1ccccc1. The van der Waals surface area contributed by atoms with E-state index in [1.165, 1.54) is 0 Å². The van der Waals surface area contributed by atoms with Crippen LogP contribution in [0.5, 0.6) is 0 Å². The van der Waals surface area contributed by atoms with Gasteiger partial charge in [0.2, 0.25) is 0 Å². The zero-order chi connectivity index (χ0) is 17.8. The highest BCUT2D eigenvalue weighted by atomic mass is 16.5. The summed E-state index contributed by atoms with van der Waals surface area (Å²) in [6, 6.07) is 19.6. The second kappa shape index (κ2) is 8.02. The van der Waals surface area contributed by atoms with Crippen molar-refractivity contribution in [3.05, 3.63) is 71.8 Å². The first-order valence-corrected chi connectivity index (χ1v) is 9.55. The van der Waals surface area contributed by atoms with Crippen molar-refractivity contribution in [1.29, 1.82) is 0 Å². The van der Waals surface area contributed by atoms with Gasteiger partial charge in [0, 0.05) is 13.1 Å². The Kier molecular flexibility index (Phi) is 5.32. The number of rotatable bonds is 6. The number of nitrogens with one attached hydrogen (secondary N) is 1. The Labute approximate surface area is 155 Å². The van der Waals surface area contributed by atoms with E-state index in [1.54, 1.807) is 0 Å². The van der Waals surface area contributed by atoms with Gasteiger partial charge in [-0.25, -0.2) is 4.79 Å². The van der Waals surface area contributed by atoms with Crippen molar-refractivity contribution in [3.8, 4) is 0 Å². The fourth-order valence-electron chi connectivity index (χ4n) is 4.06. The second-order valence-corrected chi connectivity index (χ2v) is 7.32. The van der Waals surface area contributed by atoms with Crippen LogP contribution in [0.15, 0.2) is 60.7 Å². The predicted molar refractivity (Wildman–Crippen MR) is 102 cm³/mol. The lowest BCUT2D eigenvalue weighted by molar-refractivity contribution is -0.161. The number of piperidine rings is 3. The van der Waals surface area contributed by atoms with Crippen LogP contribution in [0.2, 0.25) is 0 Å². The number of nitrogens with zero attached hydrogens (tertiary/aromatic N) is 1. The molecule has 0 spiro atoms. The maximum Gasteiger partial charge on any atom is 0.328 e. The zero-order valence-electron chi connectivity index (χ0n) is 15.0. The van der Waals surface area contributed by atoms with Crippen LogP contribution in [0, 0.1) is 5.92 Å². The van der Waals surface area contributed by atoms with Gasteiger partial charge in [-0.15, -0.1) is 0 Å². The number of carbonyl (C=O) groups is 1. The topological polar surface area (TPSA) is 41.6 Å². The fourth-order valence-corrected chi connectivity index (χ4v) is 4.06. The highest BCUT2D eigenvalue weighted by molar-refractivity contribution is 5.78. The third-order valence-electron chi connectivity index (χ3n) is 5.59. The second-order valence-electron chi connectivity index (χ2n) is 7.32. The number of carbonyl (C=O) groups excluding carboxylic acids is 1. The summed E-state index contributed by atoms with van der Waals surface area (Å²) >= 11 is 0. The lowest BCUT2D eigenvalue weighted by Gasteiger charge is -2.44. The highest BCUT2D eigenvalue weighted by Gasteiger charge is 2.37. The molecule has 3 saturated heterocycles. The molecule has 0 amide bonds. The van der Waals surface area contributed by atoms with E-state index in [0.29, 0.717) is 12.5 Å². The monoisotopic (exact) mass is 350 g/mol. The van der Waals surface area contributed by atoms with E-state index >= 15 is 0 Å². The van der Waals surface area contributed by atoms with Crippen LogP contribution in [0.25, 0.3) is 0 Å². The number of fused-ring (bicyclic) bond motifs is 3. The predicted octanol–water partition coefficient (Wildman–Crippen LogP) is 3.15. The smallest absolute Gasteiger partial charge is 0.328 e. The van der Waals surface area contributed by atoms with Gasteiger partial charge in [0.1, 0.15) is 12.1 Å². The Morgan fingerprint density at radius 2 is 1.69 bits per heavy atom. The summed E-state index contributed by atoms with van der Waals surface area (Å²) in [6.07, 6.45) is 2.33. The molecule has 2 unspecified atom stereocenters. The van der Waals surface area contributed by atoms with Crippen LogP contribution in [0.4, 0.5) is 0 Å². The molecule has 4 nitrogen and oxygen atoms in total. The molecule has 3 aliphatic rings. The van der Waals surface area contributed by atoms with E-state index in [4.69, 9.17) is 4.74 Å². The summed E-state index contributed by atoms with van der Waals surface area (Å²) in [5.41, 5.74) is 2.11. The summed E-state index contributed by atoms with van der Waals surface area (Å²) in [4.78, 5) is 15.4. The van der Waals surface area contributed by atoms with Crippen LogP contribution >= 0.6 is 0 Å². The van der Waals surface area contributed by atoms with Gasteiger partial charge in [0.15, 0.2) is 0 Å². The summed E-state index contributed by atoms with van der Waals surface area (Å²) in [7, 11) is 0. The minimum absolute atomic E-state index is 0.0368. The normalized spacial score (nSPS) is 25.6. The Balaban J connectivity index is 1.46. The Hall–Kier alpha value is -2.17. The first kappa shape index (κ1) is 17.3. The van der Waals surface area contributed by atoms with Gasteiger partial charge in [-0.1, -0.05) is 60.7 Å². The largest absolute Gasteiger partial charge is 0.459 e. The molecule has 2 aromatic carbocycles. The molecule has 136 valence electrons. The molecule has 0 saturated carbocycles. The Morgan fingerprint density at radius 3 is 2.31 bits per heavy atom. The van der Waals surface area contributed by atoms with Crippen molar-refractivity contribution in [3.63, 3.8) is 0 Å². The molecule has 0 aromatic heterocycles. The molecule has 0 radical (unpaired) electrons.